The quantitative estimate of drug-likeness (QED) is 0.781. The van der Waals surface area contributed by atoms with Gasteiger partial charge in [-0.3, -0.25) is 0 Å². The van der Waals surface area contributed by atoms with Crippen LogP contribution in [0.3, 0.4) is 0 Å². The van der Waals surface area contributed by atoms with E-state index in [1.165, 1.54) is 6.66 Å². The standard InChI is InChI=1S/C7H8ClO2PS/c1-11(9,12)10-7-5-3-2-4-6(7)8/h2-5H,1H3,(H,9,12). The number of para-hydroxylation sites is 1. The maximum atomic E-state index is 9.24. The van der Waals surface area contributed by atoms with E-state index in [1.807, 2.05) is 0 Å². The average molecular weight is 223 g/mol. The first kappa shape index (κ1) is 10.0. The topological polar surface area (TPSA) is 29.5 Å². The summed E-state index contributed by atoms with van der Waals surface area (Å²) in [5.74, 6) is 0.438. The minimum absolute atomic E-state index is 0.438. The Morgan fingerprint density at radius 2 is 2.08 bits per heavy atom. The van der Waals surface area contributed by atoms with Crippen molar-refractivity contribution in [1.29, 1.82) is 0 Å². The van der Waals surface area contributed by atoms with Crippen molar-refractivity contribution < 1.29 is 9.42 Å². The predicted octanol–water partition coefficient (Wildman–Crippen LogP) is 2.65. The zero-order valence-corrected chi connectivity index (χ0v) is 8.87. The Labute approximate surface area is 81.3 Å². The van der Waals surface area contributed by atoms with Gasteiger partial charge in [-0.05, 0) is 23.9 Å². The predicted molar refractivity (Wildman–Crippen MR) is 54.5 cm³/mol. The third-order valence-corrected chi connectivity index (χ3v) is 2.18. The van der Waals surface area contributed by atoms with Crippen LogP contribution in [0.25, 0.3) is 0 Å². The van der Waals surface area contributed by atoms with Gasteiger partial charge in [0.1, 0.15) is 5.75 Å². The van der Waals surface area contributed by atoms with Gasteiger partial charge in [0.2, 0.25) is 6.49 Å². The van der Waals surface area contributed by atoms with Crippen molar-refractivity contribution in [2.24, 2.45) is 0 Å². The number of benzene rings is 1. The van der Waals surface area contributed by atoms with E-state index in [0.717, 1.165) is 0 Å². The minimum Gasteiger partial charge on any atom is -0.442 e. The van der Waals surface area contributed by atoms with Gasteiger partial charge in [-0.2, -0.15) is 0 Å². The van der Waals surface area contributed by atoms with Gasteiger partial charge in [-0.25, -0.2) is 0 Å². The molecular formula is C7H8ClO2PS. The van der Waals surface area contributed by atoms with Gasteiger partial charge in [0.05, 0.1) is 5.02 Å². The summed E-state index contributed by atoms with van der Waals surface area (Å²) < 4.78 is 5.08. The molecule has 0 bridgehead atoms. The van der Waals surface area contributed by atoms with Gasteiger partial charge >= 0.3 is 0 Å². The van der Waals surface area contributed by atoms with E-state index in [2.05, 4.69) is 0 Å². The van der Waals surface area contributed by atoms with Crippen LogP contribution < -0.4 is 4.52 Å². The van der Waals surface area contributed by atoms with E-state index >= 15 is 0 Å². The van der Waals surface area contributed by atoms with E-state index in [4.69, 9.17) is 27.9 Å². The lowest BCUT2D eigenvalue weighted by Gasteiger charge is -2.12. The molecule has 0 heterocycles. The van der Waals surface area contributed by atoms with Gasteiger partial charge in [-0.1, -0.05) is 23.7 Å². The van der Waals surface area contributed by atoms with E-state index in [-0.39, 0.29) is 0 Å². The Morgan fingerprint density at radius 1 is 1.50 bits per heavy atom. The van der Waals surface area contributed by atoms with Gasteiger partial charge < -0.3 is 9.42 Å². The first-order valence-electron chi connectivity index (χ1n) is 3.23. The van der Waals surface area contributed by atoms with E-state index in [9.17, 15) is 4.89 Å². The summed E-state index contributed by atoms with van der Waals surface area (Å²) in [6, 6.07) is 6.91. The summed E-state index contributed by atoms with van der Waals surface area (Å²) in [4.78, 5) is 9.24. The molecule has 0 spiro atoms. The summed E-state index contributed by atoms with van der Waals surface area (Å²) in [5, 5.41) is 0.461. The molecule has 0 radical (unpaired) electrons. The number of hydrogen-bond acceptors (Lipinski definition) is 2. The molecule has 5 heteroatoms. The molecule has 0 aliphatic heterocycles. The van der Waals surface area contributed by atoms with Crippen molar-refractivity contribution in [3.05, 3.63) is 29.3 Å². The first-order valence-corrected chi connectivity index (χ1v) is 6.73. The first-order chi connectivity index (χ1) is 5.49. The minimum atomic E-state index is -2.67. The Bertz CT molecular complexity index is 323. The van der Waals surface area contributed by atoms with E-state index in [1.54, 1.807) is 24.3 Å². The second-order valence-corrected chi connectivity index (χ2v) is 6.55. The Balaban J connectivity index is 2.90. The fourth-order valence-electron chi connectivity index (χ4n) is 0.701. The largest absolute Gasteiger partial charge is 0.442 e. The van der Waals surface area contributed by atoms with Crippen LogP contribution in [-0.4, -0.2) is 11.6 Å². The highest BCUT2D eigenvalue weighted by atomic mass is 35.5. The highest BCUT2D eigenvalue weighted by Gasteiger charge is 2.08. The zero-order valence-electron chi connectivity index (χ0n) is 6.40. The molecule has 0 saturated heterocycles. The van der Waals surface area contributed by atoms with Crippen LogP contribution in [0.4, 0.5) is 0 Å². The summed E-state index contributed by atoms with van der Waals surface area (Å²) in [6.45, 7) is -1.19. The molecule has 1 aromatic carbocycles. The summed E-state index contributed by atoms with van der Waals surface area (Å²) in [7, 11) is 0. The fraction of sp³-hybridized carbons (Fsp3) is 0.143. The van der Waals surface area contributed by atoms with E-state index in [0.29, 0.717) is 10.8 Å². The number of halogens is 1. The smallest absolute Gasteiger partial charge is 0.232 e. The maximum Gasteiger partial charge on any atom is 0.232 e. The van der Waals surface area contributed by atoms with Crippen molar-refractivity contribution in [3.8, 4) is 5.75 Å². The van der Waals surface area contributed by atoms with Crippen molar-refractivity contribution in [3.63, 3.8) is 0 Å². The molecule has 1 atom stereocenters. The van der Waals surface area contributed by atoms with Gasteiger partial charge in [-0.15, -0.1) is 0 Å². The third-order valence-electron chi connectivity index (χ3n) is 1.10. The van der Waals surface area contributed by atoms with Crippen molar-refractivity contribution >= 4 is 29.9 Å². The van der Waals surface area contributed by atoms with Gasteiger partial charge in [0.25, 0.3) is 0 Å². The summed E-state index contributed by atoms with van der Waals surface area (Å²) in [5.41, 5.74) is 0. The molecule has 1 aromatic rings. The molecular weight excluding hydrogens is 215 g/mol. The second kappa shape index (κ2) is 3.75. The summed E-state index contributed by atoms with van der Waals surface area (Å²) >= 11 is 10.5. The van der Waals surface area contributed by atoms with Gasteiger partial charge in [0, 0.05) is 6.66 Å². The van der Waals surface area contributed by atoms with Crippen LogP contribution in [0, 0.1) is 0 Å². The highest BCUT2D eigenvalue weighted by Crippen LogP contribution is 2.41. The van der Waals surface area contributed by atoms with E-state index < -0.39 is 6.49 Å². The molecule has 0 aliphatic carbocycles. The van der Waals surface area contributed by atoms with Crippen LogP contribution in [0.1, 0.15) is 0 Å². The molecule has 0 fully saturated rings. The van der Waals surface area contributed by atoms with Crippen LogP contribution >= 0.6 is 18.1 Å². The Morgan fingerprint density at radius 3 is 2.58 bits per heavy atom. The molecule has 2 nitrogen and oxygen atoms in total. The molecule has 0 amide bonds. The van der Waals surface area contributed by atoms with Gasteiger partial charge in [0.15, 0.2) is 0 Å². The molecule has 0 aliphatic rings. The van der Waals surface area contributed by atoms with Crippen molar-refractivity contribution in [1.82, 2.24) is 0 Å². The Hall–Kier alpha value is -0.0800. The number of hydrogen-bond donors (Lipinski definition) is 1. The highest BCUT2D eigenvalue weighted by molar-refractivity contribution is 8.09. The molecule has 0 saturated carbocycles. The lowest BCUT2D eigenvalue weighted by atomic mass is 10.3. The maximum absolute atomic E-state index is 9.24. The van der Waals surface area contributed by atoms with Crippen molar-refractivity contribution in [2.75, 3.05) is 6.66 Å². The molecule has 1 N–H and O–H groups in total. The summed E-state index contributed by atoms with van der Waals surface area (Å²) in [6.07, 6.45) is 0. The Kier molecular flexibility index (Phi) is 3.13. The zero-order chi connectivity index (χ0) is 9.19. The molecule has 12 heavy (non-hydrogen) atoms. The third kappa shape index (κ3) is 3.11. The lowest BCUT2D eigenvalue weighted by Crippen LogP contribution is -1.89. The van der Waals surface area contributed by atoms with Crippen molar-refractivity contribution in [2.45, 2.75) is 0 Å². The normalized spacial score (nSPS) is 15.2. The second-order valence-electron chi connectivity index (χ2n) is 2.32. The molecule has 1 unspecified atom stereocenters. The van der Waals surface area contributed by atoms with Crippen LogP contribution in [0.2, 0.25) is 5.02 Å². The molecule has 0 aromatic heterocycles. The average Bonchev–Trinajstić information content (AvgIpc) is 1.91. The van der Waals surface area contributed by atoms with Crippen LogP contribution in [0.5, 0.6) is 5.75 Å². The number of rotatable bonds is 2. The van der Waals surface area contributed by atoms with Crippen LogP contribution in [-0.2, 0) is 11.8 Å². The molecule has 66 valence electrons. The SMILES string of the molecule is CP(O)(=S)Oc1ccccc1Cl. The lowest BCUT2D eigenvalue weighted by molar-refractivity contribution is 0.491. The van der Waals surface area contributed by atoms with Crippen LogP contribution in [0.15, 0.2) is 24.3 Å². The monoisotopic (exact) mass is 222 g/mol. The fourth-order valence-corrected chi connectivity index (χ4v) is 1.69. The molecule has 1 rings (SSSR count).